The van der Waals surface area contributed by atoms with Gasteiger partial charge in [-0.05, 0) is 60.0 Å². The van der Waals surface area contributed by atoms with Crippen molar-refractivity contribution < 1.29 is 4.79 Å². The van der Waals surface area contributed by atoms with Crippen molar-refractivity contribution in [3.63, 3.8) is 0 Å². The molecule has 3 rings (SSSR count). The van der Waals surface area contributed by atoms with E-state index in [1.807, 2.05) is 30.3 Å². The molecule has 0 radical (unpaired) electrons. The summed E-state index contributed by atoms with van der Waals surface area (Å²) >= 11 is 6.88. The summed E-state index contributed by atoms with van der Waals surface area (Å²) in [5.74, 6) is 0.293. The molecule has 1 heterocycles. The molecule has 1 aliphatic carbocycles. The van der Waals surface area contributed by atoms with Crippen LogP contribution in [0.4, 0.5) is 5.00 Å². The lowest BCUT2D eigenvalue weighted by molar-refractivity contribution is -0.115. The number of nitrogens with one attached hydrogen (secondary N) is 2. The zero-order valence-corrected chi connectivity index (χ0v) is 18.5. The van der Waals surface area contributed by atoms with E-state index in [9.17, 15) is 10.1 Å². The monoisotopic (exact) mass is 423 g/mol. The molecule has 29 heavy (non-hydrogen) atoms. The molecule has 0 aliphatic heterocycles. The van der Waals surface area contributed by atoms with Crippen LogP contribution < -0.4 is 10.6 Å². The first-order chi connectivity index (χ1) is 13.8. The predicted octanol–water partition coefficient (Wildman–Crippen LogP) is 5.30. The summed E-state index contributed by atoms with van der Waals surface area (Å²) in [5.41, 5.74) is 2.98. The number of amides is 1. The normalized spacial score (nSPS) is 16.1. The zero-order chi connectivity index (χ0) is 21.0. The van der Waals surface area contributed by atoms with Gasteiger partial charge in [0.25, 0.3) is 0 Å². The second-order valence-corrected chi connectivity index (χ2v) is 9.83. The van der Waals surface area contributed by atoms with Crippen LogP contribution in [0.25, 0.3) is 6.08 Å². The third-order valence-corrected chi connectivity index (χ3v) is 6.67. The minimum absolute atomic E-state index is 0.204. The van der Waals surface area contributed by atoms with Gasteiger partial charge in [0.15, 0.2) is 5.11 Å². The molecule has 0 bridgehead atoms. The fourth-order valence-electron chi connectivity index (χ4n) is 3.56. The molecule has 2 aromatic rings. The highest BCUT2D eigenvalue weighted by molar-refractivity contribution is 7.80. The molecule has 6 heteroatoms. The molecule has 1 atom stereocenters. The highest BCUT2D eigenvalue weighted by Gasteiger charge is 2.32. The van der Waals surface area contributed by atoms with Crippen LogP contribution in [0.15, 0.2) is 36.4 Å². The number of hydrogen-bond acceptors (Lipinski definition) is 4. The molecule has 0 spiro atoms. The Balaban J connectivity index is 1.67. The van der Waals surface area contributed by atoms with Gasteiger partial charge in [0, 0.05) is 11.0 Å². The van der Waals surface area contributed by atoms with Crippen LogP contribution in [0.2, 0.25) is 0 Å². The van der Waals surface area contributed by atoms with Crippen molar-refractivity contribution in [2.24, 2.45) is 11.3 Å². The Hall–Kier alpha value is -2.49. The maximum Gasteiger partial charge on any atom is 0.250 e. The number of carbonyl (C=O) groups is 1. The van der Waals surface area contributed by atoms with Gasteiger partial charge in [0.2, 0.25) is 5.91 Å². The Kier molecular flexibility index (Phi) is 6.51. The minimum atomic E-state index is -0.307. The number of nitrogens with zero attached hydrogens (tertiary/aromatic N) is 1. The second kappa shape index (κ2) is 8.89. The van der Waals surface area contributed by atoms with E-state index in [1.54, 1.807) is 17.4 Å². The topological polar surface area (TPSA) is 64.9 Å². The Morgan fingerprint density at radius 3 is 2.69 bits per heavy atom. The summed E-state index contributed by atoms with van der Waals surface area (Å²) in [4.78, 5) is 13.4. The van der Waals surface area contributed by atoms with Crippen LogP contribution >= 0.6 is 23.6 Å². The number of anilines is 1. The number of thiocarbonyl (C=S) groups is 1. The van der Waals surface area contributed by atoms with Crippen molar-refractivity contribution in [2.45, 2.75) is 40.0 Å². The zero-order valence-electron chi connectivity index (χ0n) is 16.9. The van der Waals surface area contributed by atoms with Gasteiger partial charge in [0.05, 0.1) is 5.56 Å². The average molecular weight is 424 g/mol. The van der Waals surface area contributed by atoms with E-state index in [1.165, 1.54) is 11.0 Å². The SMILES string of the molecule is CC(C)(C)[C@@H]1CCc2c(sc(NC(=S)NC(=O)/C=C/c3ccccc3)c2C#N)C1. The van der Waals surface area contributed by atoms with E-state index >= 15 is 0 Å². The third kappa shape index (κ3) is 5.31. The summed E-state index contributed by atoms with van der Waals surface area (Å²) in [6.45, 7) is 6.82. The van der Waals surface area contributed by atoms with Crippen LogP contribution in [0, 0.1) is 22.7 Å². The van der Waals surface area contributed by atoms with Gasteiger partial charge in [-0.2, -0.15) is 5.26 Å². The molecule has 0 saturated heterocycles. The minimum Gasteiger partial charge on any atom is -0.323 e. The molecule has 2 N–H and O–H groups in total. The quantitative estimate of drug-likeness (QED) is 0.519. The van der Waals surface area contributed by atoms with Crippen LogP contribution in [-0.2, 0) is 17.6 Å². The number of hydrogen-bond donors (Lipinski definition) is 2. The summed E-state index contributed by atoms with van der Waals surface area (Å²) < 4.78 is 0. The molecule has 1 aliphatic rings. The van der Waals surface area contributed by atoms with Gasteiger partial charge in [0.1, 0.15) is 11.1 Å². The maximum atomic E-state index is 12.1. The van der Waals surface area contributed by atoms with E-state index in [2.05, 4.69) is 37.5 Å². The molecule has 1 aromatic carbocycles. The molecule has 1 aromatic heterocycles. The van der Waals surface area contributed by atoms with Crippen molar-refractivity contribution in [1.82, 2.24) is 5.32 Å². The highest BCUT2D eigenvalue weighted by atomic mass is 32.1. The fourth-order valence-corrected chi connectivity index (χ4v) is 5.10. The summed E-state index contributed by atoms with van der Waals surface area (Å²) in [6, 6.07) is 11.9. The van der Waals surface area contributed by atoms with Gasteiger partial charge in [-0.15, -0.1) is 11.3 Å². The van der Waals surface area contributed by atoms with E-state index < -0.39 is 0 Å². The Morgan fingerprint density at radius 1 is 1.31 bits per heavy atom. The van der Waals surface area contributed by atoms with Crippen molar-refractivity contribution in [3.05, 3.63) is 58.0 Å². The number of nitriles is 1. The first kappa shape index (κ1) is 21.2. The number of rotatable bonds is 3. The molecule has 0 unspecified atom stereocenters. The molecule has 150 valence electrons. The van der Waals surface area contributed by atoms with E-state index in [-0.39, 0.29) is 16.4 Å². The number of benzene rings is 1. The highest BCUT2D eigenvalue weighted by Crippen LogP contribution is 2.43. The van der Waals surface area contributed by atoms with Crippen molar-refractivity contribution >= 4 is 45.7 Å². The van der Waals surface area contributed by atoms with E-state index in [0.29, 0.717) is 11.5 Å². The lowest BCUT2D eigenvalue weighted by Gasteiger charge is -2.33. The number of thiophene rings is 1. The fraction of sp³-hybridized carbons (Fsp3) is 0.348. The van der Waals surface area contributed by atoms with Gasteiger partial charge in [-0.3, -0.25) is 10.1 Å². The molecule has 0 fully saturated rings. The van der Waals surface area contributed by atoms with Gasteiger partial charge >= 0.3 is 0 Å². The van der Waals surface area contributed by atoms with Crippen molar-refractivity contribution in [3.8, 4) is 6.07 Å². The Bertz CT molecular complexity index is 978. The van der Waals surface area contributed by atoms with Gasteiger partial charge in [-0.1, -0.05) is 51.1 Å². The standard InChI is InChI=1S/C23H25N3OS2/c1-23(2,3)16-10-11-17-18(14-24)21(29-19(17)13-16)26-22(28)25-20(27)12-9-15-7-5-4-6-8-15/h4-9,12,16H,10-11,13H2,1-3H3,(H2,25,26,27,28)/b12-9+/t16-/m1/s1. The van der Waals surface area contributed by atoms with Gasteiger partial charge < -0.3 is 5.32 Å². The predicted molar refractivity (Wildman–Crippen MR) is 124 cm³/mol. The van der Waals surface area contributed by atoms with Crippen molar-refractivity contribution in [2.75, 3.05) is 5.32 Å². The summed E-state index contributed by atoms with van der Waals surface area (Å²) in [6.07, 6.45) is 6.17. The maximum absolute atomic E-state index is 12.1. The molecule has 0 saturated carbocycles. The largest absolute Gasteiger partial charge is 0.323 e. The Morgan fingerprint density at radius 2 is 2.03 bits per heavy atom. The average Bonchev–Trinajstić information content (AvgIpc) is 3.02. The third-order valence-electron chi connectivity index (χ3n) is 5.29. The van der Waals surface area contributed by atoms with E-state index in [0.717, 1.165) is 35.4 Å². The Labute approximate surface area is 181 Å². The lowest BCUT2D eigenvalue weighted by atomic mass is 9.72. The lowest BCUT2D eigenvalue weighted by Crippen LogP contribution is -2.32. The first-order valence-corrected chi connectivity index (χ1v) is 10.9. The smallest absolute Gasteiger partial charge is 0.250 e. The van der Waals surface area contributed by atoms with Crippen LogP contribution in [0.1, 0.15) is 48.8 Å². The molecule has 4 nitrogen and oxygen atoms in total. The van der Waals surface area contributed by atoms with E-state index in [4.69, 9.17) is 12.2 Å². The molecular weight excluding hydrogens is 398 g/mol. The summed E-state index contributed by atoms with van der Waals surface area (Å²) in [7, 11) is 0. The summed E-state index contributed by atoms with van der Waals surface area (Å²) in [5, 5.41) is 16.3. The van der Waals surface area contributed by atoms with Crippen molar-refractivity contribution in [1.29, 1.82) is 5.26 Å². The molecular formula is C23H25N3OS2. The second-order valence-electron chi connectivity index (χ2n) is 8.31. The van der Waals surface area contributed by atoms with Gasteiger partial charge in [-0.25, -0.2) is 0 Å². The number of carbonyl (C=O) groups excluding carboxylic acids is 1. The van der Waals surface area contributed by atoms with Crippen LogP contribution in [-0.4, -0.2) is 11.0 Å². The number of fused-ring (bicyclic) bond motifs is 1. The van der Waals surface area contributed by atoms with Crippen LogP contribution in [0.3, 0.4) is 0 Å². The molecule has 1 amide bonds. The first-order valence-electron chi connectivity index (χ1n) is 9.67. The van der Waals surface area contributed by atoms with Crippen LogP contribution in [0.5, 0.6) is 0 Å².